The Balaban J connectivity index is 1.79. The maximum atomic E-state index is 12.3. The number of carbonyl (C=O) groups is 2. The fourth-order valence-electron chi connectivity index (χ4n) is 2.56. The quantitative estimate of drug-likeness (QED) is 0.646. The molecule has 0 aliphatic carbocycles. The Hall–Kier alpha value is -2.82. The molecule has 0 N–H and O–H groups in total. The van der Waals surface area contributed by atoms with Crippen LogP contribution in [0.15, 0.2) is 42.5 Å². The molecule has 0 spiro atoms. The van der Waals surface area contributed by atoms with Crippen LogP contribution in [0.5, 0.6) is 11.5 Å². The van der Waals surface area contributed by atoms with Crippen molar-refractivity contribution in [1.29, 1.82) is 0 Å². The molecule has 1 aliphatic heterocycles. The van der Waals surface area contributed by atoms with E-state index in [0.717, 1.165) is 11.1 Å². The summed E-state index contributed by atoms with van der Waals surface area (Å²) in [5.41, 5.74) is 2.35. The number of rotatable bonds is 3. The van der Waals surface area contributed by atoms with E-state index in [0.29, 0.717) is 17.2 Å². The first-order chi connectivity index (χ1) is 11.1. The topological polar surface area (TPSA) is 55.8 Å². The summed E-state index contributed by atoms with van der Waals surface area (Å²) < 4.78 is 10.8. The van der Waals surface area contributed by atoms with Crippen LogP contribution in [-0.4, -0.2) is 25.0 Å². The summed E-state index contributed by atoms with van der Waals surface area (Å²) in [6, 6.07) is 12.8. The van der Waals surface area contributed by atoms with E-state index in [1.807, 2.05) is 38.1 Å². The molecule has 23 heavy (non-hydrogen) atoms. The normalized spacial score (nSPS) is 13.3. The van der Waals surface area contributed by atoms with Gasteiger partial charge in [0.05, 0.1) is 5.69 Å². The minimum Gasteiger partial charge on any atom is -0.482 e. The molecule has 118 valence electrons. The summed E-state index contributed by atoms with van der Waals surface area (Å²) in [6.45, 7) is 3.54. The molecule has 3 rings (SSSR count). The zero-order chi connectivity index (χ0) is 16.4. The van der Waals surface area contributed by atoms with E-state index in [2.05, 4.69) is 0 Å². The third-order valence-electron chi connectivity index (χ3n) is 3.72. The van der Waals surface area contributed by atoms with Crippen molar-refractivity contribution in [2.24, 2.45) is 0 Å². The molecule has 0 fully saturated rings. The highest BCUT2D eigenvalue weighted by atomic mass is 16.5. The van der Waals surface area contributed by atoms with Gasteiger partial charge in [-0.1, -0.05) is 30.3 Å². The second-order valence-corrected chi connectivity index (χ2v) is 5.43. The average molecular weight is 311 g/mol. The summed E-state index contributed by atoms with van der Waals surface area (Å²) in [5, 5.41) is 0. The van der Waals surface area contributed by atoms with Crippen molar-refractivity contribution >= 4 is 17.6 Å². The largest absolute Gasteiger partial charge is 0.482 e. The molecule has 0 aromatic heterocycles. The molecule has 0 radical (unpaired) electrons. The van der Waals surface area contributed by atoms with Gasteiger partial charge >= 0.3 is 5.97 Å². The Bertz CT molecular complexity index is 749. The third-order valence-corrected chi connectivity index (χ3v) is 3.72. The van der Waals surface area contributed by atoms with Gasteiger partial charge in [0.1, 0.15) is 18.0 Å². The van der Waals surface area contributed by atoms with Gasteiger partial charge in [-0.05, 0) is 37.1 Å². The minimum atomic E-state index is -0.479. The summed E-state index contributed by atoms with van der Waals surface area (Å²) in [6.07, 6.45) is 0. The van der Waals surface area contributed by atoms with E-state index >= 15 is 0 Å². The highest BCUT2D eigenvalue weighted by Crippen LogP contribution is 2.31. The van der Waals surface area contributed by atoms with Gasteiger partial charge in [0, 0.05) is 0 Å². The third kappa shape index (κ3) is 3.04. The molecular formula is C18H17NO4. The van der Waals surface area contributed by atoms with Gasteiger partial charge in [0.25, 0.3) is 5.91 Å². The standard InChI is InChI=1S/C18H17NO4/c1-12-6-5-7-13(2)18(12)23-17(21)10-19-14-8-3-4-9-15(14)22-11-16(19)20/h3-9H,10-11H2,1-2H3. The van der Waals surface area contributed by atoms with Gasteiger partial charge in [-0.25, -0.2) is 4.79 Å². The van der Waals surface area contributed by atoms with Crippen LogP contribution in [0.3, 0.4) is 0 Å². The van der Waals surface area contributed by atoms with Crippen molar-refractivity contribution in [3.63, 3.8) is 0 Å². The van der Waals surface area contributed by atoms with Crippen molar-refractivity contribution in [3.05, 3.63) is 53.6 Å². The van der Waals surface area contributed by atoms with E-state index in [9.17, 15) is 9.59 Å². The number of carbonyl (C=O) groups excluding carboxylic acids is 2. The molecule has 2 aromatic carbocycles. The maximum absolute atomic E-state index is 12.3. The molecular weight excluding hydrogens is 294 g/mol. The smallest absolute Gasteiger partial charge is 0.331 e. The first-order valence-electron chi connectivity index (χ1n) is 7.35. The molecule has 2 aromatic rings. The summed E-state index contributed by atoms with van der Waals surface area (Å²) in [7, 11) is 0. The Kier molecular flexibility index (Phi) is 4.02. The van der Waals surface area contributed by atoms with Crippen molar-refractivity contribution in [1.82, 2.24) is 0 Å². The second-order valence-electron chi connectivity index (χ2n) is 5.43. The number of ether oxygens (including phenoxy) is 2. The van der Waals surface area contributed by atoms with E-state index < -0.39 is 5.97 Å². The second kappa shape index (κ2) is 6.12. The Labute approximate surface area is 134 Å². The van der Waals surface area contributed by atoms with Gasteiger partial charge in [0.15, 0.2) is 6.61 Å². The monoisotopic (exact) mass is 311 g/mol. The van der Waals surface area contributed by atoms with Gasteiger partial charge in [-0.3, -0.25) is 9.69 Å². The lowest BCUT2D eigenvalue weighted by Crippen LogP contribution is -2.43. The maximum Gasteiger partial charge on any atom is 0.331 e. The number of nitrogens with zero attached hydrogens (tertiary/aromatic N) is 1. The zero-order valence-electron chi connectivity index (χ0n) is 13.0. The van der Waals surface area contributed by atoms with Crippen LogP contribution < -0.4 is 14.4 Å². The molecule has 0 saturated heterocycles. The van der Waals surface area contributed by atoms with Crippen LogP contribution in [-0.2, 0) is 9.59 Å². The van der Waals surface area contributed by atoms with Gasteiger partial charge < -0.3 is 9.47 Å². The number of benzene rings is 2. The van der Waals surface area contributed by atoms with Crippen molar-refractivity contribution in [3.8, 4) is 11.5 Å². The number of hydrogen-bond donors (Lipinski definition) is 0. The van der Waals surface area contributed by atoms with Gasteiger partial charge in [0.2, 0.25) is 0 Å². The molecule has 0 atom stereocenters. The first kappa shape index (κ1) is 15.1. The van der Waals surface area contributed by atoms with E-state index in [1.54, 1.807) is 18.2 Å². The predicted molar refractivity (Wildman–Crippen MR) is 85.8 cm³/mol. The first-order valence-corrected chi connectivity index (χ1v) is 7.35. The molecule has 5 nitrogen and oxygen atoms in total. The molecule has 0 bridgehead atoms. The lowest BCUT2D eigenvalue weighted by atomic mass is 10.1. The van der Waals surface area contributed by atoms with Gasteiger partial charge in [-0.2, -0.15) is 0 Å². The molecule has 1 amide bonds. The van der Waals surface area contributed by atoms with Crippen LogP contribution >= 0.6 is 0 Å². The SMILES string of the molecule is Cc1cccc(C)c1OC(=O)CN1C(=O)COc2ccccc21. The van der Waals surface area contributed by atoms with Crippen LogP contribution in [0, 0.1) is 13.8 Å². The fourth-order valence-corrected chi connectivity index (χ4v) is 2.56. The predicted octanol–water partition coefficient (Wildman–Crippen LogP) is 2.63. The Morgan fingerprint density at radius 1 is 1.13 bits per heavy atom. The van der Waals surface area contributed by atoms with E-state index in [1.165, 1.54) is 4.90 Å². The lowest BCUT2D eigenvalue weighted by Gasteiger charge is -2.28. The van der Waals surface area contributed by atoms with Crippen LogP contribution in [0.2, 0.25) is 0 Å². The Morgan fingerprint density at radius 3 is 2.57 bits per heavy atom. The molecule has 0 unspecified atom stereocenters. The summed E-state index contributed by atoms with van der Waals surface area (Å²) >= 11 is 0. The van der Waals surface area contributed by atoms with E-state index in [-0.39, 0.29) is 19.1 Å². The van der Waals surface area contributed by atoms with Crippen LogP contribution in [0.4, 0.5) is 5.69 Å². The number of para-hydroxylation sites is 3. The minimum absolute atomic E-state index is 0.0757. The molecule has 0 saturated carbocycles. The zero-order valence-corrected chi connectivity index (χ0v) is 13.0. The van der Waals surface area contributed by atoms with Crippen molar-refractivity contribution in [2.75, 3.05) is 18.1 Å². The number of fused-ring (bicyclic) bond motifs is 1. The lowest BCUT2D eigenvalue weighted by molar-refractivity contribution is -0.134. The van der Waals surface area contributed by atoms with Gasteiger partial charge in [-0.15, -0.1) is 0 Å². The number of aryl methyl sites for hydroxylation is 2. The van der Waals surface area contributed by atoms with Crippen molar-refractivity contribution < 1.29 is 19.1 Å². The number of esters is 1. The molecule has 5 heteroatoms. The van der Waals surface area contributed by atoms with E-state index in [4.69, 9.17) is 9.47 Å². The van der Waals surface area contributed by atoms with Crippen molar-refractivity contribution in [2.45, 2.75) is 13.8 Å². The number of amides is 1. The molecule has 1 heterocycles. The summed E-state index contributed by atoms with van der Waals surface area (Å²) in [4.78, 5) is 25.8. The fraction of sp³-hybridized carbons (Fsp3) is 0.222. The Morgan fingerprint density at radius 2 is 1.83 bits per heavy atom. The summed E-state index contributed by atoms with van der Waals surface area (Å²) in [5.74, 6) is 0.396. The number of hydrogen-bond acceptors (Lipinski definition) is 4. The highest BCUT2D eigenvalue weighted by Gasteiger charge is 2.27. The highest BCUT2D eigenvalue weighted by molar-refractivity contribution is 6.01. The number of anilines is 1. The average Bonchev–Trinajstić information content (AvgIpc) is 2.54. The molecule has 1 aliphatic rings. The van der Waals surface area contributed by atoms with Crippen LogP contribution in [0.25, 0.3) is 0 Å². The van der Waals surface area contributed by atoms with Crippen LogP contribution in [0.1, 0.15) is 11.1 Å².